The zero-order valence-electron chi connectivity index (χ0n) is 11.2. The summed E-state index contributed by atoms with van der Waals surface area (Å²) in [5.74, 6) is -0.591. The number of aromatic hydroxyl groups is 1. The van der Waals surface area contributed by atoms with Crippen LogP contribution in [-0.2, 0) is 9.53 Å². The van der Waals surface area contributed by atoms with Crippen LogP contribution in [0.1, 0.15) is 25.5 Å². The van der Waals surface area contributed by atoms with Crippen molar-refractivity contribution < 1.29 is 29.2 Å². The lowest BCUT2D eigenvalue weighted by Gasteiger charge is -2.15. The fourth-order valence-corrected chi connectivity index (χ4v) is 1.59. The number of ether oxygens (including phenoxy) is 3. The maximum Gasteiger partial charge on any atom is 0.339 e. The minimum absolute atomic E-state index is 0.154. The lowest BCUT2D eigenvalue weighted by molar-refractivity contribution is -0.153. The molecule has 0 radical (unpaired) electrons. The molecule has 1 aromatic carbocycles. The summed E-state index contributed by atoms with van der Waals surface area (Å²) in [6.45, 7) is 3.93. The molecule has 1 rings (SSSR count). The number of aliphatic hydroxyl groups excluding tert-OH is 1. The molecular weight excluding hydrogens is 252 g/mol. The first-order chi connectivity index (χ1) is 9.04. The van der Waals surface area contributed by atoms with E-state index < -0.39 is 12.1 Å². The lowest BCUT2D eigenvalue weighted by atomic mass is 10.1. The molecule has 0 bridgehead atoms. The number of phenolic OH excluding ortho intramolecular Hbond substituents is 1. The number of hydrogen-bond acceptors (Lipinski definition) is 6. The second-order valence-electron chi connectivity index (χ2n) is 3.66. The standard InChI is InChI=1S/C13H18O6/c1-4-18-10-7-8(6-9(14)12(10)17-3)11(15)13(16)19-5-2/h6-7,11,14-15H,4-5H2,1-3H3. The van der Waals surface area contributed by atoms with Crippen LogP contribution in [0.2, 0.25) is 0 Å². The number of aliphatic hydroxyl groups is 1. The fraction of sp³-hybridized carbons (Fsp3) is 0.462. The van der Waals surface area contributed by atoms with E-state index in [0.717, 1.165) is 0 Å². The van der Waals surface area contributed by atoms with Gasteiger partial charge in [0.05, 0.1) is 20.3 Å². The highest BCUT2D eigenvalue weighted by Gasteiger charge is 2.22. The average Bonchev–Trinajstić information content (AvgIpc) is 2.38. The molecule has 1 unspecified atom stereocenters. The molecule has 0 aliphatic rings. The van der Waals surface area contributed by atoms with Crippen LogP contribution in [0.3, 0.4) is 0 Å². The molecule has 106 valence electrons. The van der Waals surface area contributed by atoms with E-state index in [0.29, 0.717) is 6.61 Å². The summed E-state index contributed by atoms with van der Waals surface area (Å²) in [5, 5.41) is 19.6. The number of hydrogen-bond donors (Lipinski definition) is 2. The van der Waals surface area contributed by atoms with Crippen molar-refractivity contribution >= 4 is 5.97 Å². The minimum Gasteiger partial charge on any atom is -0.504 e. The summed E-state index contributed by atoms with van der Waals surface area (Å²) < 4.78 is 15.0. The van der Waals surface area contributed by atoms with Gasteiger partial charge in [0.25, 0.3) is 0 Å². The Balaban J connectivity index is 3.12. The van der Waals surface area contributed by atoms with Crippen molar-refractivity contribution in [3.8, 4) is 17.2 Å². The Kier molecular flexibility index (Phi) is 5.44. The third-order valence-electron chi connectivity index (χ3n) is 2.39. The number of benzene rings is 1. The average molecular weight is 270 g/mol. The molecular formula is C13H18O6. The molecule has 0 aliphatic heterocycles. The second kappa shape index (κ2) is 6.84. The normalized spacial score (nSPS) is 11.8. The zero-order valence-corrected chi connectivity index (χ0v) is 11.2. The maximum absolute atomic E-state index is 11.5. The molecule has 0 aliphatic carbocycles. The molecule has 2 N–H and O–H groups in total. The zero-order chi connectivity index (χ0) is 14.4. The second-order valence-corrected chi connectivity index (χ2v) is 3.66. The number of rotatable bonds is 6. The molecule has 0 heterocycles. The van der Waals surface area contributed by atoms with Crippen LogP contribution in [-0.4, -0.2) is 36.5 Å². The van der Waals surface area contributed by atoms with Gasteiger partial charge >= 0.3 is 5.97 Å². The smallest absolute Gasteiger partial charge is 0.339 e. The first-order valence-electron chi connectivity index (χ1n) is 5.93. The monoisotopic (exact) mass is 270 g/mol. The Morgan fingerprint density at radius 2 is 2.00 bits per heavy atom. The summed E-state index contributed by atoms with van der Waals surface area (Å²) >= 11 is 0. The molecule has 0 aromatic heterocycles. The van der Waals surface area contributed by atoms with Crippen LogP contribution in [0.25, 0.3) is 0 Å². The van der Waals surface area contributed by atoms with Crippen LogP contribution >= 0.6 is 0 Å². The number of methoxy groups -OCH3 is 1. The van der Waals surface area contributed by atoms with E-state index in [2.05, 4.69) is 0 Å². The number of carbonyl (C=O) groups is 1. The van der Waals surface area contributed by atoms with Crippen molar-refractivity contribution in [2.45, 2.75) is 20.0 Å². The third kappa shape index (κ3) is 3.51. The van der Waals surface area contributed by atoms with Crippen molar-refractivity contribution in [2.24, 2.45) is 0 Å². The number of esters is 1. The largest absolute Gasteiger partial charge is 0.504 e. The molecule has 6 nitrogen and oxygen atoms in total. The van der Waals surface area contributed by atoms with Crippen LogP contribution < -0.4 is 9.47 Å². The van der Waals surface area contributed by atoms with E-state index in [1.807, 2.05) is 0 Å². The van der Waals surface area contributed by atoms with E-state index in [-0.39, 0.29) is 29.4 Å². The van der Waals surface area contributed by atoms with E-state index in [1.54, 1.807) is 13.8 Å². The van der Waals surface area contributed by atoms with Crippen LogP contribution in [0.15, 0.2) is 12.1 Å². The highest BCUT2D eigenvalue weighted by Crippen LogP contribution is 2.39. The van der Waals surface area contributed by atoms with Crippen molar-refractivity contribution in [2.75, 3.05) is 20.3 Å². The Hall–Kier alpha value is -1.95. The predicted octanol–water partition coefficient (Wildman–Crippen LogP) is 1.40. The number of carbonyl (C=O) groups excluding carboxylic acids is 1. The Morgan fingerprint density at radius 3 is 2.53 bits per heavy atom. The summed E-state index contributed by atoms with van der Waals surface area (Å²) in [7, 11) is 1.39. The first-order valence-corrected chi connectivity index (χ1v) is 5.93. The van der Waals surface area contributed by atoms with Gasteiger partial charge in [-0.15, -0.1) is 0 Å². The molecule has 0 saturated heterocycles. The van der Waals surface area contributed by atoms with Crippen molar-refractivity contribution in [3.63, 3.8) is 0 Å². The topological polar surface area (TPSA) is 85.2 Å². The van der Waals surface area contributed by atoms with Crippen molar-refractivity contribution in [3.05, 3.63) is 17.7 Å². The van der Waals surface area contributed by atoms with Gasteiger partial charge in [0, 0.05) is 0 Å². The van der Waals surface area contributed by atoms with E-state index >= 15 is 0 Å². The van der Waals surface area contributed by atoms with Gasteiger partial charge in [0.15, 0.2) is 17.6 Å². The van der Waals surface area contributed by atoms with E-state index in [1.165, 1.54) is 19.2 Å². The van der Waals surface area contributed by atoms with Gasteiger partial charge in [-0.2, -0.15) is 0 Å². The molecule has 0 fully saturated rings. The quantitative estimate of drug-likeness (QED) is 0.760. The molecule has 0 amide bonds. The van der Waals surface area contributed by atoms with Crippen molar-refractivity contribution in [1.29, 1.82) is 0 Å². The van der Waals surface area contributed by atoms with Gasteiger partial charge in [-0.05, 0) is 31.5 Å². The highest BCUT2D eigenvalue weighted by molar-refractivity contribution is 5.77. The van der Waals surface area contributed by atoms with Gasteiger partial charge in [-0.3, -0.25) is 0 Å². The van der Waals surface area contributed by atoms with Gasteiger partial charge in [0.2, 0.25) is 5.75 Å². The molecule has 0 saturated carbocycles. The summed E-state index contributed by atoms with van der Waals surface area (Å²) in [6.07, 6.45) is -1.48. The van der Waals surface area contributed by atoms with Crippen molar-refractivity contribution in [1.82, 2.24) is 0 Å². The van der Waals surface area contributed by atoms with Crippen LogP contribution in [0.5, 0.6) is 17.2 Å². The molecule has 1 atom stereocenters. The van der Waals surface area contributed by atoms with Gasteiger partial charge in [-0.25, -0.2) is 4.79 Å². The summed E-state index contributed by atoms with van der Waals surface area (Å²) in [6, 6.07) is 2.67. The lowest BCUT2D eigenvalue weighted by Crippen LogP contribution is -2.15. The Morgan fingerprint density at radius 1 is 1.32 bits per heavy atom. The minimum atomic E-state index is -1.48. The molecule has 1 aromatic rings. The van der Waals surface area contributed by atoms with Crippen LogP contribution in [0, 0.1) is 0 Å². The maximum atomic E-state index is 11.5. The Labute approximate surface area is 111 Å². The van der Waals surface area contributed by atoms with Gasteiger partial charge in [0.1, 0.15) is 0 Å². The third-order valence-corrected chi connectivity index (χ3v) is 2.39. The first kappa shape index (κ1) is 15.1. The Bertz CT molecular complexity index is 443. The fourth-order valence-electron chi connectivity index (χ4n) is 1.59. The SMILES string of the molecule is CCOC(=O)C(O)c1cc(O)c(OC)c(OCC)c1. The van der Waals surface area contributed by atoms with Gasteiger partial charge < -0.3 is 24.4 Å². The summed E-state index contributed by atoms with van der Waals surface area (Å²) in [5.41, 5.74) is 0.181. The molecule has 19 heavy (non-hydrogen) atoms. The van der Waals surface area contributed by atoms with Gasteiger partial charge in [-0.1, -0.05) is 0 Å². The van der Waals surface area contributed by atoms with E-state index in [9.17, 15) is 15.0 Å². The molecule has 0 spiro atoms. The number of phenols is 1. The molecule has 6 heteroatoms. The van der Waals surface area contributed by atoms with Crippen LogP contribution in [0.4, 0.5) is 0 Å². The van der Waals surface area contributed by atoms with E-state index in [4.69, 9.17) is 14.2 Å². The highest BCUT2D eigenvalue weighted by atomic mass is 16.5. The predicted molar refractivity (Wildman–Crippen MR) is 67.4 cm³/mol. The summed E-state index contributed by atoms with van der Waals surface area (Å²) in [4.78, 5) is 11.5.